The Hall–Kier alpha value is -4.92. The first-order valence-corrected chi connectivity index (χ1v) is 12.9. The molecule has 0 saturated heterocycles. The van der Waals surface area contributed by atoms with E-state index in [1.54, 1.807) is 0 Å². The van der Waals surface area contributed by atoms with Crippen LogP contribution in [0.15, 0.2) is 109 Å². The third-order valence-electron chi connectivity index (χ3n) is 7.91. The van der Waals surface area contributed by atoms with Gasteiger partial charge in [0, 0.05) is 11.8 Å². The SMILES string of the molecule is Cc1cc(C#N)c(-c2ccc(-c3ccccc3)cc2)cc1C1c2ccccc2C(C)c2cc(C#N)ccc21. The number of nitriles is 2. The standard InChI is InChI=1S/C36H26N2/c1-23-18-29(22-38)35(28-15-13-27(14-16-28)26-8-4-3-5-9-26)20-33(23)36-31-11-7-6-10-30(31)24(2)34-19-25(21-37)12-17-32(34)36/h3-20,24,36H,1-2H3. The van der Waals surface area contributed by atoms with Crippen LogP contribution in [0.5, 0.6) is 0 Å². The Bertz CT molecular complexity index is 1750. The van der Waals surface area contributed by atoms with Gasteiger partial charge in [0.2, 0.25) is 0 Å². The lowest BCUT2D eigenvalue weighted by Gasteiger charge is -2.34. The lowest BCUT2D eigenvalue weighted by atomic mass is 9.69. The van der Waals surface area contributed by atoms with Gasteiger partial charge in [0.15, 0.2) is 0 Å². The molecule has 0 bridgehead atoms. The van der Waals surface area contributed by atoms with Crippen molar-refractivity contribution in [2.75, 3.05) is 0 Å². The summed E-state index contributed by atoms with van der Waals surface area (Å²) in [5.74, 6) is 0.231. The number of aryl methyl sites for hydroxylation is 1. The minimum Gasteiger partial charge on any atom is -0.192 e. The second-order valence-corrected chi connectivity index (χ2v) is 10.0. The summed E-state index contributed by atoms with van der Waals surface area (Å²) in [6.07, 6.45) is 0. The quantitative estimate of drug-likeness (QED) is 0.256. The van der Waals surface area contributed by atoms with Gasteiger partial charge in [0.05, 0.1) is 23.3 Å². The average Bonchev–Trinajstić information content (AvgIpc) is 2.98. The van der Waals surface area contributed by atoms with E-state index in [9.17, 15) is 10.5 Å². The predicted molar refractivity (Wildman–Crippen MR) is 153 cm³/mol. The van der Waals surface area contributed by atoms with E-state index in [1.807, 2.05) is 36.4 Å². The summed E-state index contributed by atoms with van der Waals surface area (Å²) in [7, 11) is 0. The fourth-order valence-electron chi connectivity index (χ4n) is 5.96. The van der Waals surface area contributed by atoms with Crippen LogP contribution in [0.2, 0.25) is 0 Å². The zero-order valence-electron chi connectivity index (χ0n) is 21.4. The molecule has 0 radical (unpaired) electrons. The van der Waals surface area contributed by atoms with E-state index in [4.69, 9.17) is 0 Å². The van der Waals surface area contributed by atoms with Crippen LogP contribution in [0, 0.1) is 29.6 Å². The van der Waals surface area contributed by atoms with Crippen molar-refractivity contribution in [1.29, 1.82) is 10.5 Å². The first kappa shape index (κ1) is 23.5. The second-order valence-electron chi connectivity index (χ2n) is 10.0. The minimum atomic E-state index is 0.0280. The zero-order chi connectivity index (χ0) is 26.2. The Morgan fingerprint density at radius 1 is 0.553 bits per heavy atom. The molecule has 2 unspecified atom stereocenters. The van der Waals surface area contributed by atoms with Crippen LogP contribution in [0.25, 0.3) is 22.3 Å². The van der Waals surface area contributed by atoms with Crippen molar-refractivity contribution in [3.63, 3.8) is 0 Å². The van der Waals surface area contributed by atoms with Gasteiger partial charge in [-0.05, 0) is 86.8 Å². The summed E-state index contributed by atoms with van der Waals surface area (Å²) in [4.78, 5) is 0. The van der Waals surface area contributed by atoms with Gasteiger partial charge in [0.25, 0.3) is 0 Å². The van der Waals surface area contributed by atoms with Crippen LogP contribution in [-0.2, 0) is 0 Å². The molecule has 0 aromatic heterocycles. The molecule has 2 nitrogen and oxygen atoms in total. The fraction of sp³-hybridized carbons (Fsp3) is 0.111. The molecule has 0 N–H and O–H groups in total. The molecule has 0 fully saturated rings. The first-order chi connectivity index (χ1) is 18.6. The van der Waals surface area contributed by atoms with Crippen LogP contribution in [0.3, 0.4) is 0 Å². The number of hydrogen-bond donors (Lipinski definition) is 0. The summed E-state index contributed by atoms with van der Waals surface area (Å²) in [6, 6.07) is 42.5. The number of benzene rings is 5. The molecule has 6 rings (SSSR count). The molecule has 0 aliphatic heterocycles. The molecule has 1 aliphatic carbocycles. The van der Waals surface area contributed by atoms with Gasteiger partial charge in [-0.25, -0.2) is 0 Å². The molecule has 5 aromatic rings. The maximum absolute atomic E-state index is 10.1. The van der Waals surface area contributed by atoms with Crippen molar-refractivity contribution in [2.24, 2.45) is 0 Å². The van der Waals surface area contributed by atoms with E-state index in [0.29, 0.717) is 11.1 Å². The van der Waals surface area contributed by atoms with Crippen LogP contribution in [0.4, 0.5) is 0 Å². The van der Waals surface area contributed by atoms with E-state index < -0.39 is 0 Å². The lowest BCUT2D eigenvalue weighted by Crippen LogP contribution is -2.19. The van der Waals surface area contributed by atoms with Gasteiger partial charge < -0.3 is 0 Å². The molecule has 5 aromatic carbocycles. The van der Waals surface area contributed by atoms with Gasteiger partial charge in [-0.15, -0.1) is 0 Å². The first-order valence-electron chi connectivity index (χ1n) is 12.9. The number of fused-ring (bicyclic) bond motifs is 2. The zero-order valence-corrected chi connectivity index (χ0v) is 21.4. The van der Waals surface area contributed by atoms with Gasteiger partial charge >= 0.3 is 0 Å². The van der Waals surface area contributed by atoms with Gasteiger partial charge in [-0.1, -0.05) is 91.9 Å². The average molecular weight is 487 g/mol. The van der Waals surface area contributed by atoms with Crippen LogP contribution in [0.1, 0.15) is 63.3 Å². The molecule has 2 atom stereocenters. The van der Waals surface area contributed by atoms with Crippen LogP contribution in [-0.4, -0.2) is 0 Å². The van der Waals surface area contributed by atoms with Crippen molar-refractivity contribution in [3.05, 3.63) is 154 Å². The largest absolute Gasteiger partial charge is 0.192 e. The van der Waals surface area contributed by atoms with Crippen molar-refractivity contribution in [1.82, 2.24) is 0 Å². The van der Waals surface area contributed by atoms with Gasteiger partial charge in [0.1, 0.15) is 0 Å². The van der Waals surface area contributed by atoms with E-state index in [0.717, 1.165) is 22.3 Å². The molecule has 180 valence electrons. The van der Waals surface area contributed by atoms with Crippen molar-refractivity contribution < 1.29 is 0 Å². The molecule has 0 spiro atoms. The van der Waals surface area contributed by atoms with Crippen molar-refractivity contribution >= 4 is 0 Å². The Kier molecular flexibility index (Phi) is 5.88. The topological polar surface area (TPSA) is 47.6 Å². The number of rotatable bonds is 3. The highest BCUT2D eigenvalue weighted by Crippen LogP contribution is 2.48. The third-order valence-corrected chi connectivity index (χ3v) is 7.91. The van der Waals surface area contributed by atoms with Gasteiger partial charge in [-0.2, -0.15) is 10.5 Å². The summed E-state index contributed by atoms with van der Waals surface area (Å²) >= 11 is 0. The molecule has 38 heavy (non-hydrogen) atoms. The lowest BCUT2D eigenvalue weighted by molar-refractivity contribution is 0.791. The van der Waals surface area contributed by atoms with Crippen molar-refractivity contribution in [3.8, 4) is 34.4 Å². The van der Waals surface area contributed by atoms with E-state index >= 15 is 0 Å². The maximum Gasteiger partial charge on any atom is 0.0998 e. The highest BCUT2D eigenvalue weighted by Gasteiger charge is 2.32. The van der Waals surface area contributed by atoms with E-state index in [1.165, 1.54) is 33.4 Å². The molecule has 1 aliphatic rings. The summed E-state index contributed by atoms with van der Waals surface area (Å²) in [5, 5.41) is 19.6. The predicted octanol–water partition coefficient (Wildman–Crippen LogP) is 8.72. The maximum atomic E-state index is 10.1. The fourth-order valence-corrected chi connectivity index (χ4v) is 5.96. The molecular weight excluding hydrogens is 460 g/mol. The Balaban J connectivity index is 1.53. The number of nitrogens with zero attached hydrogens (tertiary/aromatic N) is 2. The Morgan fingerprint density at radius 2 is 1.18 bits per heavy atom. The molecule has 0 saturated carbocycles. The molecule has 2 heteroatoms. The monoisotopic (exact) mass is 486 g/mol. The van der Waals surface area contributed by atoms with E-state index in [-0.39, 0.29) is 11.8 Å². The highest BCUT2D eigenvalue weighted by molar-refractivity contribution is 5.76. The third kappa shape index (κ3) is 3.88. The Morgan fingerprint density at radius 3 is 1.89 bits per heavy atom. The normalized spacial score (nSPS) is 15.6. The van der Waals surface area contributed by atoms with Crippen LogP contribution < -0.4 is 0 Å². The van der Waals surface area contributed by atoms with E-state index in [2.05, 4.69) is 98.8 Å². The van der Waals surface area contributed by atoms with Crippen molar-refractivity contribution in [2.45, 2.75) is 25.7 Å². The summed E-state index contributed by atoms with van der Waals surface area (Å²) < 4.78 is 0. The Labute approximate surface area is 224 Å². The smallest absolute Gasteiger partial charge is 0.0998 e. The molecule has 0 amide bonds. The summed E-state index contributed by atoms with van der Waals surface area (Å²) in [6.45, 7) is 4.32. The highest BCUT2D eigenvalue weighted by atomic mass is 14.4. The van der Waals surface area contributed by atoms with Crippen LogP contribution >= 0.6 is 0 Å². The minimum absolute atomic E-state index is 0.0280. The molecular formula is C36H26N2. The van der Waals surface area contributed by atoms with Gasteiger partial charge in [-0.3, -0.25) is 0 Å². The summed E-state index contributed by atoms with van der Waals surface area (Å²) in [5.41, 5.74) is 12.9. The number of hydrogen-bond acceptors (Lipinski definition) is 2. The molecule has 0 heterocycles. The second kappa shape index (κ2) is 9.51.